The van der Waals surface area contributed by atoms with Gasteiger partial charge in [-0.15, -0.1) is 0 Å². The summed E-state index contributed by atoms with van der Waals surface area (Å²) in [5.74, 6) is -1.79. The van der Waals surface area contributed by atoms with Crippen LogP contribution in [-0.4, -0.2) is 32.1 Å². The second kappa shape index (κ2) is 5.71. The number of aliphatic carboxylic acids is 1. The number of carbonyl (C=O) groups excluding carboxylic acids is 1. The summed E-state index contributed by atoms with van der Waals surface area (Å²) in [6.07, 6.45) is 0. The van der Waals surface area contributed by atoms with Crippen LogP contribution in [0.1, 0.15) is 31.1 Å². The zero-order chi connectivity index (χ0) is 17.4. The highest BCUT2D eigenvalue weighted by atomic mass is 16.4. The summed E-state index contributed by atoms with van der Waals surface area (Å²) in [6, 6.07) is 4.20. The third kappa shape index (κ3) is 3.01. The highest BCUT2D eigenvalue weighted by Gasteiger charge is 2.29. The molecule has 0 spiro atoms. The lowest BCUT2D eigenvalue weighted by atomic mass is 10.0. The van der Waals surface area contributed by atoms with E-state index >= 15 is 0 Å². The molecule has 0 bridgehead atoms. The van der Waals surface area contributed by atoms with E-state index in [1.54, 1.807) is 6.92 Å². The molecule has 0 radical (unpaired) electrons. The number of nitrogens with one attached hydrogen (secondary N) is 2. The van der Waals surface area contributed by atoms with E-state index in [9.17, 15) is 19.2 Å². The summed E-state index contributed by atoms with van der Waals surface area (Å²) in [5.41, 5.74) is -2.07. The molecule has 1 amide bonds. The van der Waals surface area contributed by atoms with E-state index in [2.05, 4.69) is 10.3 Å². The van der Waals surface area contributed by atoms with Crippen molar-refractivity contribution in [3.05, 3.63) is 44.6 Å². The van der Waals surface area contributed by atoms with E-state index in [4.69, 9.17) is 5.11 Å². The van der Waals surface area contributed by atoms with Crippen LogP contribution in [0, 0.1) is 0 Å². The fraction of sp³-hybridized carbons (Fsp3) is 0.333. The van der Waals surface area contributed by atoms with Crippen molar-refractivity contribution in [3.8, 4) is 0 Å². The van der Waals surface area contributed by atoms with Crippen LogP contribution in [0.2, 0.25) is 0 Å². The largest absolute Gasteiger partial charge is 0.480 e. The summed E-state index contributed by atoms with van der Waals surface area (Å²) in [4.78, 5) is 49.7. The minimum Gasteiger partial charge on any atom is -0.480 e. The topological polar surface area (TPSA) is 121 Å². The first-order valence-electron chi connectivity index (χ1n) is 7.00. The van der Waals surface area contributed by atoms with Crippen molar-refractivity contribution < 1.29 is 14.7 Å². The standard InChI is InChI=1S/C15H17N3O5/c1-4-18-12(20)9-6-5-8(7-10(9)16-14(18)23)11(19)17-15(2,3)13(21)22/h5-7H,4H2,1-3H3,(H,16,23)(H,17,19)(H,21,22). The molecule has 0 saturated carbocycles. The van der Waals surface area contributed by atoms with E-state index in [1.165, 1.54) is 32.0 Å². The van der Waals surface area contributed by atoms with Gasteiger partial charge < -0.3 is 15.4 Å². The highest BCUT2D eigenvalue weighted by molar-refractivity contribution is 6.00. The van der Waals surface area contributed by atoms with Gasteiger partial charge in [0.05, 0.1) is 10.9 Å². The Hall–Kier alpha value is -2.90. The van der Waals surface area contributed by atoms with Gasteiger partial charge in [-0.3, -0.25) is 14.2 Å². The SMILES string of the molecule is CCn1c(=O)[nH]c2cc(C(=O)NC(C)(C)C(=O)O)ccc2c1=O. The maximum atomic E-state index is 12.2. The number of fused-ring (bicyclic) bond motifs is 1. The summed E-state index contributed by atoms with van der Waals surface area (Å²) in [6.45, 7) is 4.63. The summed E-state index contributed by atoms with van der Waals surface area (Å²) >= 11 is 0. The third-order valence-corrected chi connectivity index (χ3v) is 3.52. The monoisotopic (exact) mass is 319 g/mol. The zero-order valence-electron chi connectivity index (χ0n) is 13.0. The van der Waals surface area contributed by atoms with Crippen molar-refractivity contribution in [3.63, 3.8) is 0 Å². The van der Waals surface area contributed by atoms with Crippen LogP contribution >= 0.6 is 0 Å². The average Bonchev–Trinajstić information content (AvgIpc) is 2.46. The molecule has 122 valence electrons. The van der Waals surface area contributed by atoms with Gasteiger partial charge in [-0.2, -0.15) is 0 Å². The zero-order valence-corrected chi connectivity index (χ0v) is 13.0. The van der Waals surface area contributed by atoms with E-state index < -0.39 is 28.7 Å². The minimum atomic E-state index is -1.44. The predicted molar refractivity (Wildman–Crippen MR) is 83.7 cm³/mol. The van der Waals surface area contributed by atoms with E-state index in [0.29, 0.717) is 0 Å². The number of hydrogen-bond acceptors (Lipinski definition) is 4. The van der Waals surface area contributed by atoms with Gasteiger partial charge in [0.25, 0.3) is 11.5 Å². The Morgan fingerprint density at radius 3 is 2.52 bits per heavy atom. The number of aromatic nitrogens is 2. The number of carboxylic acid groups (broad SMARTS) is 1. The van der Waals surface area contributed by atoms with Gasteiger partial charge in [-0.25, -0.2) is 9.59 Å². The second-order valence-corrected chi connectivity index (χ2v) is 5.62. The quantitative estimate of drug-likeness (QED) is 0.748. The van der Waals surface area contributed by atoms with Gasteiger partial charge in [0.1, 0.15) is 5.54 Å². The van der Waals surface area contributed by atoms with Crippen LogP contribution < -0.4 is 16.6 Å². The Bertz CT molecular complexity index is 907. The Morgan fingerprint density at radius 1 is 1.30 bits per heavy atom. The number of amides is 1. The van der Waals surface area contributed by atoms with Crippen molar-refractivity contribution in [2.24, 2.45) is 0 Å². The molecule has 3 N–H and O–H groups in total. The van der Waals surface area contributed by atoms with Gasteiger partial charge in [-0.1, -0.05) is 0 Å². The maximum Gasteiger partial charge on any atom is 0.328 e. The van der Waals surface area contributed by atoms with Crippen molar-refractivity contribution in [2.45, 2.75) is 32.9 Å². The van der Waals surface area contributed by atoms with E-state index in [-0.39, 0.29) is 23.0 Å². The molecule has 8 heteroatoms. The molecule has 0 aliphatic heterocycles. The molecular weight excluding hydrogens is 302 g/mol. The van der Waals surface area contributed by atoms with Crippen LogP contribution in [0.15, 0.2) is 27.8 Å². The van der Waals surface area contributed by atoms with Crippen molar-refractivity contribution in [2.75, 3.05) is 0 Å². The average molecular weight is 319 g/mol. The first kappa shape index (κ1) is 16.5. The van der Waals surface area contributed by atoms with Crippen LogP contribution in [0.3, 0.4) is 0 Å². The van der Waals surface area contributed by atoms with Crippen LogP contribution in [0.5, 0.6) is 0 Å². The lowest BCUT2D eigenvalue weighted by Crippen LogP contribution is -2.49. The van der Waals surface area contributed by atoms with Crippen LogP contribution in [0.25, 0.3) is 10.9 Å². The minimum absolute atomic E-state index is 0.149. The van der Waals surface area contributed by atoms with Crippen molar-refractivity contribution in [1.29, 1.82) is 0 Å². The Labute approximate surface area is 130 Å². The number of carboxylic acids is 1. The molecular formula is C15H17N3O5. The third-order valence-electron chi connectivity index (χ3n) is 3.52. The highest BCUT2D eigenvalue weighted by Crippen LogP contribution is 2.11. The normalized spacial score (nSPS) is 11.4. The molecule has 8 nitrogen and oxygen atoms in total. The first-order valence-corrected chi connectivity index (χ1v) is 7.00. The molecule has 0 saturated heterocycles. The smallest absolute Gasteiger partial charge is 0.328 e. The number of H-pyrrole nitrogens is 1. The number of benzene rings is 1. The Kier molecular flexibility index (Phi) is 4.09. The lowest BCUT2D eigenvalue weighted by molar-refractivity contribution is -0.143. The number of rotatable bonds is 4. The van der Waals surface area contributed by atoms with Gasteiger partial charge in [0, 0.05) is 12.1 Å². The molecule has 1 heterocycles. The molecule has 0 unspecified atom stereocenters. The predicted octanol–water partition coefficient (Wildman–Crippen LogP) is 0.303. The van der Waals surface area contributed by atoms with Gasteiger partial charge in [-0.05, 0) is 39.0 Å². The molecule has 1 aromatic heterocycles. The lowest BCUT2D eigenvalue weighted by Gasteiger charge is -2.21. The number of aromatic amines is 1. The Morgan fingerprint density at radius 2 is 1.96 bits per heavy atom. The van der Waals surface area contributed by atoms with Gasteiger partial charge >= 0.3 is 11.7 Å². The molecule has 1 aromatic carbocycles. The number of hydrogen-bond donors (Lipinski definition) is 3. The van der Waals surface area contributed by atoms with Crippen molar-refractivity contribution in [1.82, 2.24) is 14.9 Å². The van der Waals surface area contributed by atoms with Crippen molar-refractivity contribution >= 4 is 22.8 Å². The number of nitrogens with zero attached hydrogens (tertiary/aromatic N) is 1. The van der Waals surface area contributed by atoms with Gasteiger partial charge in [0.15, 0.2) is 0 Å². The Balaban J connectivity index is 2.49. The molecule has 2 aromatic rings. The van der Waals surface area contributed by atoms with Gasteiger partial charge in [0.2, 0.25) is 0 Å². The molecule has 0 atom stereocenters. The molecule has 23 heavy (non-hydrogen) atoms. The maximum absolute atomic E-state index is 12.2. The van der Waals surface area contributed by atoms with Crippen LogP contribution in [0.4, 0.5) is 0 Å². The van der Waals surface area contributed by atoms with Crippen LogP contribution in [-0.2, 0) is 11.3 Å². The fourth-order valence-electron chi connectivity index (χ4n) is 2.09. The summed E-state index contributed by atoms with van der Waals surface area (Å²) in [5, 5.41) is 11.7. The van der Waals surface area contributed by atoms with E-state index in [0.717, 1.165) is 4.57 Å². The summed E-state index contributed by atoms with van der Waals surface area (Å²) in [7, 11) is 0. The number of carbonyl (C=O) groups is 2. The molecule has 0 fully saturated rings. The summed E-state index contributed by atoms with van der Waals surface area (Å²) < 4.78 is 1.05. The molecule has 0 aliphatic carbocycles. The molecule has 0 aliphatic rings. The molecule has 2 rings (SSSR count). The first-order chi connectivity index (χ1) is 10.7. The fourth-order valence-corrected chi connectivity index (χ4v) is 2.09. The van der Waals surface area contributed by atoms with E-state index in [1.807, 2.05) is 0 Å². The second-order valence-electron chi connectivity index (χ2n) is 5.62.